The Morgan fingerprint density at radius 3 is 2.34 bits per heavy atom. The lowest BCUT2D eigenvalue weighted by atomic mass is 10.0. The van der Waals surface area contributed by atoms with Crippen molar-refractivity contribution in [2.45, 2.75) is 30.5 Å². The van der Waals surface area contributed by atoms with Gasteiger partial charge in [-0.25, -0.2) is 12.8 Å². The van der Waals surface area contributed by atoms with Crippen LogP contribution in [0.15, 0.2) is 65.6 Å². The summed E-state index contributed by atoms with van der Waals surface area (Å²) >= 11 is 6.24. The highest BCUT2D eigenvalue weighted by Gasteiger charge is 2.36. The Kier molecular flexibility index (Phi) is 10.0. The average Bonchev–Trinajstić information content (AvgIpc) is 2.98. The number of hydrogen-bond donors (Lipinski definition) is 2. The average molecular weight is 656 g/mol. The zero-order valence-electron chi connectivity index (χ0n) is 24.4. The Hall–Kier alpha value is -3.16. The molecule has 4 rings (SSSR count). The molecule has 3 aromatic carbocycles. The predicted molar refractivity (Wildman–Crippen MR) is 165 cm³/mol. The van der Waals surface area contributed by atoms with E-state index in [0.29, 0.717) is 36.0 Å². The quantitative estimate of drug-likeness (QED) is 0.214. The number of aliphatic hydroxyl groups is 2. The van der Waals surface area contributed by atoms with E-state index in [-0.39, 0.29) is 42.6 Å². The molecule has 0 atom stereocenters. The van der Waals surface area contributed by atoms with Gasteiger partial charge in [-0.2, -0.15) is 13.2 Å². The minimum Gasteiger partial charge on any atom is -0.394 e. The normalized spacial score (nSPS) is 14.8. The SMILES string of the molecule is C/C(=C\c1ccc2c(c1)N(S(=O)(=O)c1cccc(C(F)(F)F)c1)CCN2CCN(C)C(C)(CO)CO)c1c(F)cccc1Cl. The van der Waals surface area contributed by atoms with Crippen LogP contribution in [0.3, 0.4) is 0 Å². The molecule has 0 saturated heterocycles. The lowest BCUT2D eigenvalue weighted by molar-refractivity contribution is -0.137. The van der Waals surface area contributed by atoms with Crippen LogP contribution in [0.25, 0.3) is 11.6 Å². The van der Waals surface area contributed by atoms with Crippen LogP contribution in [0.1, 0.15) is 30.5 Å². The van der Waals surface area contributed by atoms with Gasteiger partial charge in [0, 0.05) is 25.2 Å². The molecule has 0 amide bonds. The van der Waals surface area contributed by atoms with Crippen molar-refractivity contribution in [2.75, 3.05) is 55.6 Å². The predicted octanol–water partition coefficient (Wildman–Crippen LogP) is 5.75. The van der Waals surface area contributed by atoms with E-state index in [9.17, 15) is 36.2 Å². The molecule has 1 aliphatic heterocycles. The Labute approximate surface area is 259 Å². The molecule has 13 heteroatoms. The topological polar surface area (TPSA) is 84.3 Å². The minimum atomic E-state index is -4.73. The summed E-state index contributed by atoms with van der Waals surface area (Å²) in [5.74, 6) is -0.522. The van der Waals surface area contributed by atoms with Crippen LogP contribution in [0.2, 0.25) is 5.02 Å². The van der Waals surface area contributed by atoms with Crippen LogP contribution >= 0.6 is 11.6 Å². The molecule has 0 spiro atoms. The number of rotatable bonds is 10. The maximum Gasteiger partial charge on any atom is 0.416 e. The highest BCUT2D eigenvalue weighted by atomic mass is 35.5. The molecule has 3 aromatic rings. The summed E-state index contributed by atoms with van der Waals surface area (Å²) in [7, 11) is -2.67. The summed E-state index contributed by atoms with van der Waals surface area (Å²) < 4.78 is 83.7. The molecule has 7 nitrogen and oxygen atoms in total. The summed E-state index contributed by atoms with van der Waals surface area (Å²) in [6, 6.07) is 13.0. The molecule has 0 radical (unpaired) electrons. The molecule has 0 unspecified atom stereocenters. The molecule has 1 aliphatic rings. The van der Waals surface area contributed by atoms with Gasteiger partial charge in [-0.05, 0) is 74.5 Å². The van der Waals surface area contributed by atoms with Crippen LogP contribution in [-0.4, -0.2) is 75.5 Å². The van der Waals surface area contributed by atoms with Crippen molar-refractivity contribution >= 4 is 44.6 Å². The fraction of sp³-hybridized carbons (Fsp3) is 0.355. The van der Waals surface area contributed by atoms with Gasteiger partial charge in [0.25, 0.3) is 10.0 Å². The first kappa shape index (κ1) is 33.7. The fourth-order valence-electron chi connectivity index (χ4n) is 5.02. The molecule has 2 N–H and O–H groups in total. The number of aliphatic hydroxyl groups excluding tert-OH is 2. The van der Waals surface area contributed by atoms with E-state index in [1.165, 1.54) is 12.1 Å². The maximum atomic E-state index is 14.6. The Bertz CT molecular complexity index is 1620. The van der Waals surface area contributed by atoms with E-state index in [0.717, 1.165) is 22.5 Å². The molecule has 238 valence electrons. The lowest BCUT2D eigenvalue weighted by Gasteiger charge is -2.41. The summed E-state index contributed by atoms with van der Waals surface area (Å²) in [6.45, 7) is 3.80. The van der Waals surface area contributed by atoms with Gasteiger partial charge >= 0.3 is 6.18 Å². The highest BCUT2D eigenvalue weighted by Crippen LogP contribution is 2.39. The van der Waals surface area contributed by atoms with Crippen molar-refractivity contribution in [3.8, 4) is 0 Å². The first-order valence-corrected chi connectivity index (χ1v) is 15.6. The Morgan fingerprint density at radius 2 is 1.70 bits per heavy atom. The molecular weight excluding hydrogens is 622 g/mol. The van der Waals surface area contributed by atoms with Crippen LogP contribution in [0, 0.1) is 5.82 Å². The first-order valence-electron chi connectivity index (χ1n) is 13.8. The van der Waals surface area contributed by atoms with Gasteiger partial charge in [0.15, 0.2) is 0 Å². The number of sulfonamides is 1. The van der Waals surface area contributed by atoms with E-state index < -0.39 is 38.0 Å². The molecule has 0 aromatic heterocycles. The number of fused-ring (bicyclic) bond motifs is 1. The smallest absolute Gasteiger partial charge is 0.394 e. The van der Waals surface area contributed by atoms with Gasteiger partial charge in [0.2, 0.25) is 0 Å². The van der Waals surface area contributed by atoms with Crippen LogP contribution in [0.4, 0.5) is 28.9 Å². The second-order valence-corrected chi connectivity index (χ2v) is 13.3. The van der Waals surface area contributed by atoms with Crippen molar-refractivity contribution < 1.29 is 36.2 Å². The molecule has 1 heterocycles. The van der Waals surface area contributed by atoms with Crippen molar-refractivity contribution in [2.24, 2.45) is 0 Å². The summed E-state index contributed by atoms with van der Waals surface area (Å²) in [6.07, 6.45) is -3.07. The van der Waals surface area contributed by atoms with Gasteiger partial charge < -0.3 is 15.1 Å². The summed E-state index contributed by atoms with van der Waals surface area (Å²) in [5.41, 5.74) is 0.0145. The maximum absolute atomic E-state index is 14.6. The minimum absolute atomic E-state index is 0.0577. The Balaban J connectivity index is 1.78. The van der Waals surface area contributed by atoms with Crippen molar-refractivity contribution in [1.82, 2.24) is 4.90 Å². The molecular formula is C31H34ClF4N3O4S. The number of benzene rings is 3. The van der Waals surface area contributed by atoms with Crippen LogP contribution in [-0.2, 0) is 16.2 Å². The zero-order valence-corrected chi connectivity index (χ0v) is 26.0. The van der Waals surface area contributed by atoms with Crippen molar-refractivity contribution in [1.29, 1.82) is 0 Å². The number of halogens is 5. The first-order chi connectivity index (χ1) is 20.6. The number of anilines is 2. The van der Waals surface area contributed by atoms with Crippen LogP contribution in [0.5, 0.6) is 0 Å². The van der Waals surface area contributed by atoms with E-state index in [1.54, 1.807) is 56.1 Å². The second kappa shape index (κ2) is 13.1. The summed E-state index contributed by atoms with van der Waals surface area (Å²) in [5, 5.41) is 19.8. The van der Waals surface area contributed by atoms with Gasteiger partial charge in [0.1, 0.15) is 5.82 Å². The van der Waals surface area contributed by atoms with Gasteiger partial charge in [0.05, 0.1) is 52.2 Å². The second-order valence-electron chi connectivity index (χ2n) is 11.0. The number of nitrogens with zero attached hydrogens (tertiary/aromatic N) is 3. The molecule has 0 bridgehead atoms. The van der Waals surface area contributed by atoms with Crippen molar-refractivity contribution in [3.05, 3.63) is 88.2 Å². The lowest BCUT2D eigenvalue weighted by Crippen LogP contribution is -2.53. The molecule has 0 fully saturated rings. The van der Waals surface area contributed by atoms with E-state index in [2.05, 4.69) is 0 Å². The van der Waals surface area contributed by atoms with Gasteiger partial charge in [-0.1, -0.05) is 35.9 Å². The third kappa shape index (κ3) is 6.89. The molecule has 0 saturated carbocycles. The monoisotopic (exact) mass is 655 g/mol. The molecule has 0 aliphatic carbocycles. The highest BCUT2D eigenvalue weighted by molar-refractivity contribution is 7.92. The van der Waals surface area contributed by atoms with E-state index in [1.807, 2.05) is 4.90 Å². The standard InChI is InChI=1S/C31H34ClF4N3O4S/c1-21(29-25(32)8-5-9-26(29)33)16-22-10-11-27-28(17-22)39(15-14-38(27)13-12-37(3)30(2,19-40)20-41)44(42,43)24-7-4-6-23(18-24)31(34,35)36/h4-11,16-18,40-41H,12-15,19-20H2,1-3H3/b21-16+. The number of likely N-dealkylation sites (N-methyl/N-ethyl adjacent to an activating group) is 1. The van der Waals surface area contributed by atoms with E-state index >= 15 is 0 Å². The molecule has 44 heavy (non-hydrogen) atoms. The van der Waals surface area contributed by atoms with Crippen molar-refractivity contribution in [3.63, 3.8) is 0 Å². The van der Waals surface area contributed by atoms with E-state index in [4.69, 9.17) is 11.6 Å². The number of allylic oxidation sites excluding steroid dienone is 1. The number of alkyl halides is 3. The van der Waals surface area contributed by atoms with Gasteiger partial charge in [-0.3, -0.25) is 9.21 Å². The summed E-state index contributed by atoms with van der Waals surface area (Å²) in [4.78, 5) is 3.24. The third-order valence-electron chi connectivity index (χ3n) is 7.98. The third-order valence-corrected chi connectivity index (χ3v) is 10.1. The fourth-order valence-corrected chi connectivity index (χ4v) is 6.84. The number of hydrogen-bond acceptors (Lipinski definition) is 6. The largest absolute Gasteiger partial charge is 0.416 e. The Morgan fingerprint density at radius 1 is 1.02 bits per heavy atom. The van der Waals surface area contributed by atoms with Gasteiger partial charge in [-0.15, -0.1) is 0 Å². The van der Waals surface area contributed by atoms with Crippen LogP contribution < -0.4 is 9.21 Å². The zero-order chi connectivity index (χ0) is 32.4.